The molecule has 0 spiro atoms. The Bertz CT molecular complexity index is 872. The van der Waals surface area contributed by atoms with Crippen LogP contribution in [0.4, 0.5) is 5.69 Å². The molecular weight excluding hydrogens is 410 g/mol. The summed E-state index contributed by atoms with van der Waals surface area (Å²) in [5.41, 5.74) is 0.243. The minimum atomic E-state index is -2.61. The lowest BCUT2D eigenvalue weighted by Gasteiger charge is -2.28. The third-order valence-corrected chi connectivity index (χ3v) is 6.02. The van der Waals surface area contributed by atoms with Crippen LogP contribution < -0.4 is 10.1 Å². The standard InChI is InChI=1S/C20H29N3O4S2/c1-4-5-6-7-8-13-23(19(28)21-2)18(24)20(11-12-20)15-9-10-17(27-3)16(14-15)22-29(25)26/h9-10,14H,4-8,11-13H2,1-3H3,(H,21,28). The molecule has 9 heteroatoms. The van der Waals surface area contributed by atoms with Crippen LogP contribution in [0.5, 0.6) is 5.75 Å². The van der Waals surface area contributed by atoms with E-state index in [0.717, 1.165) is 24.8 Å². The summed E-state index contributed by atoms with van der Waals surface area (Å²) in [4.78, 5) is 15.1. The van der Waals surface area contributed by atoms with Crippen molar-refractivity contribution in [1.82, 2.24) is 10.2 Å². The van der Waals surface area contributed by atoms with E-state index < -0.39 is 15.9 Å². The molecule has 1 aromatic rings. The average Bonchev–Trinajstić information content (AvgIpc) is 3.51. The highest BCUT2D eigenvalue weighted by atomic mass is 32.2. The Labute approximate surface area is 179 Å². The van der Waals surface area contributed by atoms with E-state index in [1.54, 1.807) is 30.1 Å². The maximum atomic E-state index is 13.5. The second-order valence-corrected chi connectivity index (χ2v) is 8.21. The topological polar surface area (TPSA) is 88.1 Å². The number of rotatable bonds is 10. The SMILES string of the molecule is CCCCCCCN(C(=O)C1(c2ccc(OC)c(N=S(=O)=O)c2)CC1)C(=S)NC. The number of nitrogens with zero attached hydrogens (tertiary/aromatic N) is 2. The molecule has 0 radical (unpaired) electrons. The highest BCUT2D eigenvalue weighted by molar-refractivity contribution is 7.80. The molecule has 0 unspecified atom stereocenters. The Morgan fingerprint density at radius 2 is 1.97 bits per heavy atom. The van der Waals surface area contributed by atoms with Crippen molar-refractivity contribution in [3.05, 3.63) is 23.8 Å². The van der Waals surface area contributed by atoms with Crippen LogP contribution in [-0.4, -0.2) is 45.0 Å². The molecule has 0 aliphatic heterocycles. The average molecular weight is 440 g/mol. The molecule has 7 nitrogen and oxygen atoms in total. The molecule has 1 saturated carbocycles. The Hall–Kier alpha value is -2.00. The minimum Gasteiger partial charge on any atom is -0.494 e. The van der Waals surface area contributed by atoms with E-state index in [-0.39, 0.29) is 11.6 Å². The molecule has 1 N–H and O–H groups in total. The van der Waals surface area contributed by atoms with Crippen molar-refractivity contribution in [2.45, 2.75) is 57.3 Å². The van der Waals surface area contributed by atoms with Crippen LogP contribution in [0.1, 0.15) is 57.4 Å². The Balaban J connectivity index is 2.27. The molecule has 0 saturated heterocycles. The van der Waals surface area contributed by atoms with Crippen molar-refractivity contribution in [2.24, 2.45) is 4.36 Å². The second-order valence-electron chi connectivity index (χ2n) is 7.20. The van der Waals surface area contributed by atoms with E-state index in [2.05, 4.69) is 16.6 Å². The van der Waals surface area contributed by atoms with Crippen LogP contribution in [0, 0.1) is 0 Å². The van der Waals surface area contributed by atoms with Crippen LogP contribution in [-0.2, 0) is 20.7 Å². The van der Waals surface area contributed by atoms with Gasteiger partial charge < -0.3 is 10.1 Å². The fraction of sp³-hybridized carbons (Fsp3) is 0.600. The molecule has 0 bridgehead atoms. The van der Waals surface area contributed by atoms with E-state index in [4.69, 9.17) is 17.0 Å². The van der Waals surface area contributed by atoms with E-state index in [9.17, 15) is 13.2 Å². The largest absolute Gasteiger partial charge is 0.494 e. The van der Waals surface area contributed by atoms with Crippen LogP contribution in [0.3, 0.4) is 0 Å². The number of carbonyl (C=O) groups is 1. The fourth-order valence-corrected chi connectivity index (χ4v) is 3.93. The summed E-state index contributed by atoms with van der Waals surface area (Å²) in [7, 11) is 0.556. The summed E-state index contributed by atoms with van der Waals surface area (Å²) in [6.07, 6.45) is 6.83. The van der Waals surface area contributed by atoms with Gasteiger partial charge in [-0.05, 0) is 49.2 Å². The molecule has 160 valence electrons. The maximum Gasteiger partial charge on any atom is 0.316 e. The van der Waals surface area contributed by atoms with Gasteiger partial charge in [0, 0.05) is 13.6 Å². The van der Waals surface area contributed by atoms with Crippen molar-refractivity contribution in [2.75, 3.05) is 20.7 Å². The molecule has 2 rings (SSSR count). The van der Waals surface area contributed by atoms with Gasteiger partial charge in [-0.3, -0.25) is 9.69 Å². The molecule has 0 atom stereocenters. The van der Waals surface area contributed by atoms with Crippen molar-refractivity contribution < 1.29 is 17.9 Å². The minimum absolute atomic E-state index is 0.0493. The van der Waals surface area contributed by atoms with Gasteiger partial charge in [-0.15, -0.1) is 4.36 Å². The zero-order valence-corrected chi connectivity index (χ0v) is 18.9. The van der Waals surface area contributed by atoms with E-state index in [1.165, 1.54) is 20.0 Å². The number of carbonyl (C=O) groups excluding carboxylic acids is 1. The van der Waals surface area contributed by atoms with Gasteiger partial charge in [0.05, 0.1) is 12.5 Å². The molecule has 0 heterocycles. The van der Waals surface area contributed by atoms with Crippen molar-refractivity contribution >= 4 is 39.4 Å². The molecular formula is C20H29N3O4S2. The predicted molar refractivity (Wildman–Crippen MR) is 117 cm³/mol. The lowest BCUT2D eigenvalue weighted by molar-refractivity contribution is -0.130. The third-order valence-electron chi connectivity index (χ3n) is 5.25. The van der Waals surface area contributed by atoms with Gasteiger partial charge >= 0.3 is 10.5 Å². The van der Waals surface area contributed by atoms with E-state index in [0.29, 0.717) is 30.2 Å². The summed E-state index contributed by atoms with van der Waals surface area (Å²) < 4.78 is 30.9. The summed E-state index contributed by atoms with van der Waals surface area (Å²) in [6.45, 7) is 2.74. The van der Waals surface area contributed by atoms with E-state index in [1.807, 2.05) is 0 Å². The van der Waals surface area contributed by atoms with Gasteiger partial charge in [-0.2, -0.15) is 8.42 Å². The monoisotopic (exact) mass is 439 g/mol. The number of unbranched alkanes of at least 4 members (excludes halogenated alkanes) is 4. The van der Waals surface area contributed by atoms with Gasteiger partial charge in [0.15, 0.2) is 5.11 Å². The number of ether oxygens (including phenoxy) is 1. The highest BCUT2D eigenvalue weighted by Gasteiger charge is 2.53. The smallest absolute Gasteiger partial charge is 0.316 e. The Morgan fingerprint density at radius 3 is 2.52 bits per heavy atom. The van der Waals surface area contributed by atoms with Gasteiger partial charge in [-0.25, -0.2) is 0 Å². The molecule has 29 heavy (non-hydrogen) atoms. The summed E-state index contributed by atoms with van der Waals surface area (Å²) >= 11 is 5.40. The maximum absolute atomic E-state index is 13.5. The zero-order valence-electron chi connectivity index (χ0n) is 17.2. The van der Waals surface area contributed by atoms with Crippen LogP contribution >= 0.6 is 12.2 Å². The van der Waals surface area contributed by atoms with Crippen molar-refractivity contribution in [1.29, 1.82) is 0 Å². The third kappa shape index (κ3) is 5.76. The first kappa shape index (κ1) is 23.3. The molecule has 1 amide bonds. The van der Waals surface area contributed by atoms with Gasteiger partial charge in [0.25, 0.3) is 0 Å². The number of methoxy groups -OCH3 is 1. The highest BCUT2D eigenvalue weighted by Crippen LogP contribution is 2.51. The van der Waals surface area contributed by atoms with E-state index >= 15 is 0 Å². The second kappa shape index (κ2) is 10.7. The van der Waals surface area contributed by atoms with Crippen LogP contribution in [0.2, 0.25) is 0 Å². The zero-order chi connectivity index (χ0) is 21.4. The number of benzene rings is 1. The van der Waals surface area contributed by atoms with Crippen LogP contribution in [0.15, 0.2) is 22.6 Å². The molecule has 1 aliphatic carbocycles. The van der Waals surface area contributed by atoms with Crippen LogP contribution in [0.25, 0.3) is 0 Å². The number of thiocarbonyl (C=S) groups is 1. The number of hydrogen-bond acceptors (Lipinski definition) is 6. The van der Waals surface area contributed by atoms with Crippen molar-refractivity contribution in [3.8, 4) is 5.75 Å². The summed E-state index contributed by atoms with van der Waals surface area (Å²) in [5.74, 6) is 0.298. The van der Waals surface area contributed by atoms with Gasteiger partial charge in [0.2, 0.25) is 5.91 Å². The predicted octanol–water partition coefficient (Wildman–Crippen LogP) is 3.72. The quantitative estimate of drug-likeness (QED) is 0.441. The normalized spacial score (nSPS) is 14.0. The number of hydrogen-bond donors (Lipinski definition) is 1. The Kier molecular flexibility index (Phi) is 8.58. The van der Waals surface area contributed by atoms with Gasteiger partial charge in [-0.1, -0.05) is 38.7 Å². The first-order valence-corrected chi connectivity index (χ1v) is 11.4. The first-order valence-electron chi connectivity index (χ1n) is 9.93. The first-order chi connectivity index (χ1) is 13.9. The summed E-state index contributed by atoms with van der Waals surface area (Å²) in [5, 5.41) is 3.33. The van der Waals surface area contributed by atoms with Crippen molar-refractivity contribution in [3.63, 3.8) is 0 Å². The number of nitrogens with one attached hydrogen (secondary N) is 1. The molecule has 1 aliphatic rings. The molecule has 1 fully saturated rings. The lowest BCUT2D eigenvalue weighted by Crippen LogP contribution is -2.47. The lowest BCUT2D eigenvalue weighted by atomic mass is 9.93. The fourth-order valence-electron chi connectivity index (χ4n) is 3.45. The molecule has 1 aromatic carbocycles. The number of amides is 1. The van der Waals surface area contributed by atoms with Gasteiger partial charge in [0.1, 0.15) is 11.4 Å². The summed E-state index contributed by atoms with van der Waals surface area (Å²) in [6, 6.07) is 5.08. The molecule has 0 aromatic heterocycles. The Morgan fingerprint density at radius 1 is 1.28 bits per heavy atom.